The fourth-order valence-corrected chi connectivity index (χ4v) is 3.86. The molecular formula is C22H24N4O5. The smallest absolute Gasteiger partial charge is 0.310 e. The molecule has 0 spiro atoms. The third-order valence-electron chi connectivity index (χ3n) is 5.43. The Labute approximate surface area is 179 Å². The van der Waals surface area contributed by atoms with Crippen LogP contribution in [0.5, 0.6) is 5.75 Å². The molecule has 1 saturated heterocycles. The maximum Gasteiger partial charge on any atom is 0.310 e. The summed E-state index contributed by atoms with van der Waals surface area (Å²) in [6, 6.07) is 9.98. The van der Waals surface area contributed by atoms with Gasteiger partial charge in [-0.05, 0) is 31.5 Å². The second-order valence-electron chi connectivity index (χ2n) is 7.61. The molecule has 1 fully saturated rings. The first kappa shape index (κ1) is 20.8. The van der Waals surface area contributed by atoms with E-state index in [0.717, 1.165) is 5.56 Å². The molecule has 4 rings (SSSR count). The van der Waals surface area contributed by atoms with Crippen LogP contribution in [-0.4, -0.2) is 40.8 Å². The highest BCUT2D eigenvalue weighted by Crippen LogP contribution is 2.33. The van der Waals surface area contributed by atoms with Gasteiger partial charge in [0.05, 0.1) is 29.0 Å². The monoisotopic (exact) mass is 424 g/mol. The predicted molar refractivity (Wildman–Crippen MR) is 117 cm³/mol. The number of ether oxygens (including phenoxy) is 2. The summed E-state index contributed by atoms with van der Waals surface area (Å²) >= 11 is 0. The largest absolute Gasteiger partial charge is 0.479 e. The highest BCUT2D eigenvalue weighted by Gasteiger charge is 2.23. The second kappa shape index (κ2) is 8.35. The van der Waals surface area contributed by atoms with E-state index in [1.807, 2.05) is 24.0 Å². The standard InChI is InChI=1S/C22H24N4O5/c1-14-12-16(15(2)31-19-7-5-4-6-18(19)26(28)29)20-17(13-14)21(27)24(3)22(23-20)25-8-10-30-11-9-25/h4-7,12-13,15H,8-11H2,1-3H3. The van der Waals surface area contributed by atoms with Gasteiger partial charge < -0.3 is 14.4 Å². The number of aryl methyl sites for hydroxylation is 1. The highest BCUT2D eigenvalue weighted by molar-refractivity contribution is 5.83. The van der Waals surface area contributed by atoms with Crippen molar-refractivity contribution in [3.05, 3.63) is 68.0 Å². The second-order valence-corrected chi connectivity index (χ2v) is 7.61. The van der Waals surface area contributed by atoms with Gasteiger partial charge in [-0.2, -0.15) is 0 Å². The fraction of sp³-hybridized carbons (Fsp3) is 0.364. The molecule has 9 nitrogen and oxygen atoms in total. The number of hydrogen-bond donors (Lipinski definition) is 0. The van der Waals surface area contributed by atoms with Crippen LogP contribution >= 0.6 is 0 Å². The summed E-state index contributed by atoms with van der Waals surface area (Å²) < 4.78 is 13.0. The van der Waals surface area contributed by atoms with E-state index in [0.29, 0.717) is 48.7 Å². The maximum atomic E-state index is 13.2. The van der Waals surface area contributed by atoms with Crippen molar-refractivity contribution in [2.45, 2.75) is 20.0 Å². The lowest BCUT2D eigenvalue weighted by molar-refractivity contribution is -0.386. The molecule has 2 heterocycles. The molecule has 0 amide bonds. The minimum atomic E-state index is -0.555. The van der Waals surface area contributed by atoms with Gasteiger partial charge in [-0.1, -0.05) is 18.2 Å². The SMILES string of the molecule is Cc1cc(C(C)Oc2ccccc2[N+](=O)[O-])c2nc(N3CCOCC3)n(C)c(=O)c2c1. The number of nitrogens with zero attached hydrogens (tertiary/aromatic N) is 4. The van der Waals surface area contributed by atoms with Crippen LogP contribution in [0.15, 0.2) is 41.2 Å². The number of para-hydroxylation sites is 2. The van der Waals surface area contributed by atoms with E-state index in [-0.39, 0.29) is 17.0 Å². The number of aromatic nitrogens is 2. The Hall–Kier alpha value is -3.46. The Morgan fingerprint density at radius 1 is 1.23 bits per heavy atom. The summed E-state index contributed by atoms with van der Waals surface area (Å²) in [5.41, 5.74) is 1.89. The molecule has 1 unspecified atom stereocenters. The number of morpholine rings is 1. The molecule has 162 valence electrons. The van der Waals surface area contributed by atoms with E-state index in [4.69, 9.17) is 14.5 Å². The van der Waals surface area contributed by atoms with Crippen LogP contribution in [0.1, 0.15) is 24.2 Å². The van der Waals surface area contributed by atoms with Gasteiger partial charge in [0.25, 0.3) is 5.56 Å². The van der Waals surface area contributed by atoms with Crippen LogP contribution in [0, 0.1) is 17.0 Å². The summed E-state index contributed by atoms with van der Waals surface area (Å²) in [5.74, 6) is 0.746. The number of nitro benzene ring substituents is 1. The number of nitro groups is 1. The minimum Gasteiger partial charge on any atom is -0.479 e. The molecule has 0 saturated carbocycles. The molecule has 0 radical (unpaired) electrons. The zero-order chi connectivity index (χ0) is 22.1. The number of hydrogen-bond acceptors (Lipinski definition) is 7. The van der Waals surface area contributed by atoms with Crippen molar-refractivity contribution in [2.24, 2.45) is 7.05 Å². The summed E-state index contributed by atoms with van der Waals surface area (Å²) in [7, 11) is 1.72. The van der Waals surface area contributed by atoms with Crippen molar-refractivity contribution >= 4 is 22.5 Å². The van der Waals surface area contributed by atoms with E-state index in [2.05, 4.69) is 0 Å². The first-order valence-corrected chi connectivity index (χ1v) is 10.1. The number of benzene rings is 2. The summed E-state index contributed by atoms with van der Waals surface area (Å²) in [4.78, 5) is 30.9. The van der Waals surface area contributed by atoms with Crippen molar-refractivity contribution in [1.82, 2.24) is 9.55 Å². The average Bonchev–Trinajstić information content (AvgIpc) is 2.77. The van der Waals surface area contributed by atoms with Crippen LogP contribution in [0.4, 0.5) is 11.6 Å². The topological polar surface area (TPSA) is 99.7 Å². The Morgan fingerprint density at radius 2 is 1.94 bits per heavy atom. The van der Waals surface area contributed by atoms with Gasteiger partial charge in [0.1, 0.15) is 6.10 Å². The molecule has 1 aromatic heterocycles. The third-order valence-corrected chi connectivity index (χ3v) is 5.43. The van der Waals surface area contributed by atoms with Crippen molar-refractivity contribution in [3.63, 3.8) is 0 Å². The molecule has 9 heteroatoms. The van der Waals surface area contributed by atoms with Gasteiger partial charge in [-0.15, -0.1) is 0 Å². The van der Waals surface area contributed by atoms with Gasteiger partial charge in [0.2, 0.25) is 5.95 Å². The number of fused-ring (bicyclic) bond motifs is 1. The summed E-state index contributed by atoms with van der Waals surface area (Å²) in [5, 5.41) is 11.9. The molecule has 31 heavy (non-hydrogen) atoms. The van der Waals surface area contributed by atoms with Gasteiger partial charge in [0, 0.05) is 31.8 Å². The Morgan fingerprint density at radius 3 is 2.65 bits per heavy atom. The van der Waals surface area contributed by atoms with Gasteiger partial charge >= 0.3 is 5.69 Å². The molecular weight excluding hydrogens is 400 g/mol. The van der Waals surface area contributed by atoms with Crippen molar-refractivity contribution in [2.75, 3.05) is 31.2 Å². The Balaban J connectivity index is 1.83. The van der Waals surface area contributed by atoms with Crippen molar-refractivity contribution in [1.29, 1.82) is 0 Å². The van der Waals surface area contributed by atoms with Crippen LogP contribution in [-0.2, 0) is 11.8 Å². The van der Waals surface area contributed by atoms with Gasteiger partial charge in [0.15, 0.2) is 5.75 Å². The Kier molecular flexibility index (Phi) is 5.60. The summed E-state index contributed by atoms with van der Waals surface area (Å²) in [6.07, 6.45) is -0.555. The molecule has 3 aromatic rings. The van der Waals surface area contributed by atoms with Crippen LogP contribution in [0.3, 0.4) is 0 Å². The average molecular weight is 424 g/mol. The lowest BCUT2D eigenvalue weighted by Crippen LogP contribution is -2.40. The maximum absolute atomic E-state index is 13.2. The van der Waals surface area contributed by atoms with E-state index in [1.165, 1.54) is 6.07 Å². The first-order valence-electron chi connectivity index (χ1n) is 10.1. The Bertz CT molecular complexity index is 1200. The zero-order valence-electron chi connectivity index (χ0n) is 17.7. The normalized spacial score (nSPS) is 15.1. The van der Waals surface area contributed by atoms with Crippen molar-refractivity contribution < 1.29 is 14.4 Å². The minimum absolute atomic E-state index is 0.107. The van der Waals surface area contributed by atoms with Gasteiger partial charge in [-0.25, -0.2) is 4.98 Å². The lowest BCUT2D eigenvalue weighted by atomic mass is 10.0. The first-order chi connectivity index (χ1) is 14.9. The lowest BCUT2D eigenvalue weighted by Gasteiger charge is -2.29. The zero-order valence-corrected chi connectivity index (χ0v) is 17.7. The number of anilines is 1. The van der Waals surface area contributed by atoms with E-state index in [9.17, 15) is 14.9 Å². The van der Waals surface area contributed by atoms with E-state index < -0.39 is 11.0 Å². The molecule has 1 aliphatic heterocycles. The summed E-state index contributed by atoms with van der Waals surface area (Å²) in [6.45, 7) is 6.15. The molecule has 1 atom stereocenters. The van der Waals surface area contributed by atoms with Gasteiger partial charge in [-0.3, -0.25) is 19.5 Å². The highest BCUT2D eigenvalue weighted by atomic mass is 16.6. The van der Waals surface area contributed by atoms with Crippen LogP contribution in [0.25, 0.3) is 10.9 Å². The van der Waals surface area contributed by atoms with Crippen molar-refractivity contribution in [3.8, 4) is 5.75 Å². The quantitative estimate of drug-likeness (QED) is 0.458. The molecule has 0 aliphatic carbocycles. The van der Waals surface area contributed by atoms with Crippen LogP contribution < -0.4 is 15.2 Å². The van der Waals surface area contributed by atoms with Crippen LogP contribution in [0.2, 0.25) is 0 Å². The number of rotatable bonds is 5. The molecule has 0 N–H and O–H groups in total. The molecule has 1 aliphatic rings. The molecule has 2 aromatic carbocycles. The third kappa shape index (κ3) is 3.96. The van der Waals surface area contributed by atoms with E-state index >= 15 is 0 Å². The predicted octanol–water partition coefficient (Wildman–Crippen LogP) is 3.13. The van der Waals surface area contributed by atoms with E-state index in [1.54, 1.807) is 36.7 Å². The molecule has 0 bridgehead atoms. The fourth-order valence-electron chi connectivity index (χ4n) is 3.86.